The fraction of sp³-hybridized carbons (Fsp3) is 0.278. The van der Waals surface area contributed by atoms with Crippen LogP contribution in [0, 0.1) is 0 Å². The molecule has 0 saturated heterocycles. The molecule has 0 bridgehead atoms. The standard InChI is InChI=1S/C18H20Cl2N2O.ClH/c1-18(2,17-14(19)4-3-5-15(17)20)11-22-16(23)10-12-6-8-13(21)9-7-12;/h3-9H,10-11,21H2,1-2H3,(H,22,23);1H. The van der Waals surface area contributed by atoms with Crippen molar-refractivity contribution < 1.29 is 4.79 Å². The van der Waals surface area contributed by atoms with Crippen LogP contribution in [0.4, 0.5) is 5.69 Å². The Hall–Kier alpha value is -1.42. The summed E-state index contributed by atoms with van der Waals surface area (Å²) in [6, 6.07) is 12.7. The molecule has 0 aliphatic rings. The van der Waals surface area contributed by atoms with Crippen LogP contribution < -0.4 is 11.1 Å². The highest BCUT2D eigenvalue weighted by molar-refractivity contribution is 6.36. The van der Waals surface area contributed by atoms with Crippen molar-refractivity contribution in [2.24, 2.45) is 0 Å². The van der Waals surface area contributed by atoms with E-state index >= 15 is 0 Å². The molecule has 2 aromatic rings. The molecule has 6 heteroatoms. The number of hydrogen-bond donors (Lipinski definition) is 2. The van der Waals surface area contributed by atoms with Gasteiger partial charge in [0.25, 0.3) is 0 Å². The Labute approximate surface area is 158 Å². The maximum absolute atomic E-state index is 12.1. The molecule has 0 aliphatic carbocycles. The first kappa shape index (κ1) is 20.6. The van der Waals surface area contributed by atoms with E-state index in [9.17, 15) is 4.79 Å². The third kappa shape index (κ3) is 5.30. The fourth-order valence-corrected chi connectivity index (χ4v) is 3.34. The summed E-state index contributed by atoms with van der Waals surface area (Å²) in [5.41, 5.74) is 7.72. The van der Waals surface area contributed by atoms with Crippen molar-refractivity contribution in [3.8, 4) is 0 Å². The molecular weight excluding hydrogens is 367 g/mol. The Morgan fingerprint density at radius 3 is 2.17 bits per heavy atom. The van der Waals surface area contributed by atoms with Gasteiger partial charge in [-0.05, 0) is 35.4 Å². The predicted molar refractivity (Wildman–Crippen MR) is 104 cm³/mol. The first-order chi connectivity index (χ1) is 10.8. The smallest absolute Gasteiger partial charge is 0.224 e. The summed E-state index contributed by atoms with van der Waals surface area (Å²) in [6.45, 7) is 4.46. The lowest BCUT2D eigenvalue weighted by atomic mass is 9.84. The second-order valence-corrected chi connectivity index (χ2v) is 6.99. The SMILES string of the molecule is CC(C)(CNC(=O)Cc1ccc(N)cc1)c1c(Cl)cccc1Cl.Cl. The molecule has 2 aromatic carbocycles. The van der Waals surface area contributed by atoms with Crippen LogP contribution in [0.3, 0.4) is 0 Å². The van der Waals surface area contributed by atoms with Gasteiger partial charge in [0.1, 0.15) is 0 Å². The zero-order valence-corrected chi connectivity index (χ0v) is 15.9. The Kier molecular flexibility index (Phi) is 7.40. The van der Waals surface area contributed by atoms with Gasteiger partial charge in [-0.2, -0.15) is 0 Å². The van der Waals surface area contributed by atoms with Crippen molar-refractivity contribution in [3.05, 3.63) is 63.6 Å². The highest BCUT2D eigenvalue weighted by Gasteiger charge is 2.26. The van der Waals surface area contributed by atoms with Crippen molar-refractivity contribution in [2.75, 3.05) is 12.3 Å². The summed E-state index contributed by atoms with van der Waals surface area (Å²) in [7, 11) is 0. The van der Waals surface area contributed by atoms with Gasteiger partial charge >= 0.3 is 0 Å². The third-order valence-electron chi connectivity index (χ3n) is 3.71. The summed E-state index contributed by atoms with van der Waals surface area (Å²) in [5, 5.41) is 4.16. The van der Waals surface area contributed by atoms with Crippen LogP contribution in [0.15, 0.2) is 42.5 Å². The van der Waals surface area contributed by atoms with Crippen LogP contribution in [0.25, 0.3) is 0 Å². The van der Waals surface area contributed by atoms with Gasteiger partial charge in [0.15, 0.2) is 0 Å². The van der Waals surface area contributed by atoms with Gasteiger partial charge in [-0.3, -0.25) is 4.79 Å². The zero-order chi connectivity index (χ0) is 17.0. The Bertz CT molecular complexity index is 680. The maximum Gasteiger partial charge on any atom is 0.224 e. The minimum absolute atomic E-state index is 0. The first-order valence-corrected chi connectivity index (χ1v) is 8.11. The van der Waals surface area contributed by atoms with E-state index in [0.29, 0.717) is 28.7 Å². The molecule has 0 atom stereocenters. The van der Waals surface area contributed by atoms with Crippen LogP contribution in [-0.2, 0) is 16.6 Å². The molecular formula is C18H21Cl3N2O. The Balaban J connectivity index is 0.00000288. The van der Waals surface area contributed by atoms with Crippen molar-refractivity contribution in [3.63, 3.8) is 0 Å². The molecule has 0 saturated carbocycles. The Morgan fingerprint density at radius 1 is 1.08 bits per heavy atom. The number of nitrogens with two attached hydrogens (primary N) is 1. The van der Waals surface area contributed by atoms with E-state index in [0.717, 1.165) is 11.1 Å². The average Bonchev–Trinajstić information content (AvgIpc) is 2.47. The molecule has 0 spiro atoms. The molecule has 1 amide bonds. The number of nitrogens with one attached hydrogen (secondary N) is 1. The number of carbonyl (C=O) groups excluding carboxylic acids is 1. The number of amides is 1. The van der Waals surface area contributed by atoms with Gasteiger partial charge in [-0.1, -0.05) is 55.2 Å². The monoisotopic (exact) mass is 386 g/mol. The number of halogens is 3. The summed E-state index contributed by atoms with van der Waals surface area (Å²) < 4.78 is 0. The summed E-state index contributed by atoms with van der Waals surface area (Å²) in [5.74, 6) is -0.0500. The van der Waals surface area contributed by atoms with Gasteiger partial charge in [0.2, 0.25) is 5.91 Å². The average molecular weight is 388 g/mol. The first-order valence-electron chi connectivity index (χ1n) is 7.35. The van der Waals surface area contributed by atoms with Gasteiger partial charge in [-0.25, -0.2) is 0 Å². The minimum Gasteiger partial charge on any atom is -0.399 e. The van der Waals surface area contributed by atoms with Gasteiger partial charge in [0, 0.05) is 27.7 Å². The minimum atomic E-state index is -0.369. The highest BCUT2D eigenvalue weighted by Crippen LogP contribution is 2.35. The van der Waals surface area contributed by atoms with Crippen LogP contribution >= 0.6 is 35.6 Å². The summed E-state index contributed by atoms with van der Waals surface area (Å²) in [4.78, 5) is 12.1. The molecule has 0 unspecified atom stereocenters. The number of anilines is 1. The fourth-order valence-electron chi connectivity index (χ4n) is 2.44. The second-order valence-electron chi connectivity index (χ2n) is 6.18. The van der Waals surface area contributed by atoms with Gasteiger partial charge in [-0.15, -0.1) is 12.4 Å². The van der Waals surface area contributed by atoms with E-state index in [1.54, 1.807) is 24.3 Å². The van der Waals surface area contributed by atoms with E-state index in [1.165, 1.54) is 0 Å². The lowest BCUT2D eigenvalue weighted by Crippen LogP contribution is -2.37. The molecule has 0 aromatic heterocycles. The molecule has 2 rings (SSSR count). The van der Waals surface area contributed by atoms with Gasteiger partial charge in [0.05, 0.1) is 6.42 Å². The molecule has 130 valence electrons. The summed E-state index contributed by atoms with van der Waals surface area (Å²) in [6.07, 6.45) is 0.312. The van der Waals surface area contributed by atoms with Gasteiger partial charge < -0.3 is 11.1 Å². The van der Waals surface area contributed by atoms with Crippen LogP contribution in [-0.4, -0.2) is 12.5 Å². The quantitative estimate of drug-likeness (QED) is 0.735. The molecule has 0 heterocycles. The van der Waals surface area contributed by atoms with Crippen molar-refractivity contribution >= 4 is 47.2 Å². The van der Waals surface area contributed by atoms with Crippen molar-refractivity contribution in [1.82, 2.24) is 5.32 Å². The number of carbonyl (C=O) groups is 1. The summed E-state index contributed by atoms with van der Waals surface area (Å²) >= 11 is 12.5. The number of benzene rings is 2. The molecule has 0 radical (unpaired) electrons. The number of rotatable bonds is 5. The lowest BCUT2D eigenvalue weighted by Gasteiger charge is -2.27. The van der Waals surface area contributed by atoms with E-state index in [1.807, 2.05) is 32.0 Å². The highest BCUT2D eigenvalue weighted by atomic mass is 35.5. The second kappa shape index (κ2) is 8.61. The van der Waals surface area contributed by atoms with Crippen LogP contribution in [0.1, 0.15) is 25.0 Å². The van der Waals surface area contributed by atoms with E-state index in [4.69, 9.17) is 28.9 Å². The molecule has 0 fully saturated rings. The normalized spacial score (nSPS) is 10.8. The van der Waals surface area contributed by atoms with Crippen molar-refractivity contribution in [1.29, 1.82) is 0 Å². The molecule has 3 nitrogen and oxygen atoms in total. The topological polar surface area (TPSA) is 55.1 Å². The maximum atomic E-state index is 12.1. The molecule has 24 heavy (non-hydrogen) atoms. The van der Waals surface area contributed by atoms with E-state index in [-0.39, 0.29) is 23.7 Å². The van der Waals surface area contributed by atoms with Crippen molar-refractivity contribution in [2.45, 2.75) is 25.7 Å². The molecule has 0 aliphatic heterocycles. The van der Waals surface area contributed by atoms with E-state index in [2.05, 4.69) is 5.32 Å². The van der Waals surface area contributed by atoms with E-state index < -0.39 is 0 Å². The Morgan fingerprint density at radius 2 is 1.62 bits per heavy atom. The predicted octanol–water partition coefficient (Wildman–Crippen LogP) is 4.63. The third-order valence-corrected chi connectivity index (χ3v) is 4.34. The van der Waals surface area contributed by atoms with Crippen LogP contribution in [0.5, 0.6) is 0 Å². The number of hydrogen-bond acceptors (Lipinski definition) is 2. The largest absolute Gasteiger partial charge is 0.399 e. The van der Waals surface area contributed by atoms with Crippen LogP contribution in [0.2, 0.25) is 10.0 Å². The zero-order valence-electron chi connectivity index (χ0n) is 13.6. The lowest BCUT2D eigenvalue weighted by molar-refractivity contribution is -0.120. The number of nitrogen functional groups attached to an aromatic ring is 1. The molecule has 3 N–H and O–H groups in total.